The predicted molar refractivity (Wildman–Crippen MR) is 55.1 cm³/mol. The van der Waals surface area contributed by atoms with Crippen LogP contribution in [0.3, 0.4) is 0 Å². The number of carboxylic acid groups (broad SMARTS) is 1. The van der Waals surface area contributed by atoms with Crippen LogP contribution < -0.4 is 0 Å². The number of hydrogen-bond donors (Lipinski definition) is 1. The van der Waals surface area contributed by atoms with Crippen molar-refractivity contribution in [3.63, 3.8) is 0 Å². The van der Waals surface area contributed by atoms with E-state index in [0.717, 1.165) is 23.0 Å². The quantitative estimate of drug-likeness (QED) is 0.903. The molecule has 2 rings (SSSR count). The smallest absolute Gasteiger partial charge is 0.304 e. The largest absolute Gasteiger partial charge is 0.481 e. The summed E-state index contributed by atoms with van der Waals surface area (Å²) in [6.45, 7) is 0. The first-order valence-electron chi connectivity index (χ1n) is 4.47. The van der Waals surface area contributed by atoms with Gasteiger partial charge in [0.2, 0.25) is 0 Å². The minimum atomic E-state index is -0.750. The molecule has 1 aromatic heterocycles. The van der Waals surface area contributed by atoms with Gasteiger partial charge in [-0.2, -0.15) is 0 Å². The first-order valence-corrected chi connectivity index (χ1v) is 5.26. The molecule has 0 unspecified atom stereocenters. The fourth-order valence-electron chi connectivity index (χ4n) is 1.71. The third kappa shape index (κ3) is 1.66. The van der Waals surface area contributed by atoms with Crippen molar-refractivity contribution >= 4 is 21.9 Å². The first-order chi connectivity index (χ1) is 6.64. The van der Waals surface area contributed by atoms with Crippen LogP contribution in [0.4, 0.5) is 0 Å². The number of pyridine rings is 1. The Kier molecular flexibility index (Phi) is 2.31. The Morgan fingerprint density at radius 1 is 1.64 bits per heavy atom. The van der Waals surface area contributed by atoms with Crippen LogP contribution in [0.1, 0.15) is 25.0 Å². The third-order valence-corrected chi connectivity index (χ3v) is 3.24. The highest BCUT2D eigenvalue weighted by Crippen LogP contribution is 2.52. The lowest BCUT2D eigenvalue weighted by Crippen LogP contribution is -2.15. The highest BCUT2D eigenvalue weighted by atomic mass is 79.9. The normalized spacial score (nSPS) is 17.8. The van der Waals surface area contributed by atoms with Gasteiger partial charge in [0.05, 0.1) is 12.1 Å². The number of aliphatic carboxylic acids is 1. The van der Waals surface area contributed by atoms with Gasteiger partial charge in [0.15, 0.2) is 0 Å². The summed E-state index contributed by atoms with van der Waals surface area (Å²) in [7, 11) is 0. The van der Waals surface area contributed by atoms with Gasteiger partial charge in [-0.05, 0) is 40.9 Å². The van der Waals surface area contributed by atoms with Crippen molar-refractivity contribution in [1.82, 2.24) is 4.98 Å². The van der Waals surface area contributed by atoms with Crippen molar-refractivity contribution in [2.45, 2.75) is 24.7 Å². The van der Waals surface area contributed by atoms with E-state index in [-0.39, 0.29) is 11.8 Å². The van der Waals surface area contributed by atoms with Crippen LogP contribution in [0, 0.1) is 0 Å². The molecule has 1 N–H and O–H groups in total. The topological polar surface area (TPSA) is 50.2 Å². The van der Waals surface area contributed by atoms with Gasteiger partial charge in [-0.1, -0.05) is 0 Å². The molecule has 0 bridgehead atoms. The zero-order chi connectivity index (χ0) is 10.2. The SMILES string of the molecule is O=C(O)CC1(c2ncccc2Br)CC1. The average Bonchev–Trinajstić information content (AvgIpc) is 2.85. The number of rotatable bonds is 3. The van der Waals surface area contributed by atoms with Gasteiger partial charge >= 0.3 is 5.97 Å². The summed E-state index contributed by atoms with van der Waals surface area (Å²) in [4.78, 5) is 15.0. The van der Waals surface area contributed by atoms with Gasteiger partial charge < -0.3 is 5.11 Å². The molecule has 0 atom stereocenters. The molecule has 4 heteroatoms. The Hall–Kier alpha value is -0.900. The number of hydrogen-bond acceptors (Lipinski definition) is 2. The predicted octanol–water partition coefficient (Wildman–Crippen LogP) is 2.35. The molecule has 0 saturated heterocycles. The number of aromatic nitrogens is 1. The summed E-state index contributed by atoms with van der Waals surface area (Å²) in [5.41, 5.74) is 0.689. The molecule has 1 fully saturated rings. The molecule has 1 aliphatic rings. The Bertz CT molecular complexity index is 374. The fraction of sp³-hybridized carbons (Fsp3) is 0.400. The van der Waals surface area contributed by atoms with Crippen LogP contribution in [-0.4, -0.2) is 16.1 Å². The lowest BCUT2D eigenvalue weighted by molar-refractivity contribution is -0.137. The van der Waals surface area contributed by atoms with E-state index >= 15 is 0 Å². The van der Waals surface area contributed by atoms with Crippen LogP contribution in [0.15, 0.2) is 22.8 Å². The second-order valence-corrected chi connectivity index (χ2v) is 4.54. The second-order valence-electron chi connectivity index (χ2n) is 3.68. The molecule has 0 aliphatic heterocycles. The zero-order valence-electron chi connectivity index (χ0n) is 7.53. The van der Waals surface area contributed by atoms with Gasteiger partial charge in [0.1, 0.15) is 0 Å². The summed E-state index contributed by atoms with van der Waals surface area (Å²) < 4.78 is 0.916. The number of nitrogens with zero attached hydrogens (tertiary/aromatic N) is 1. The molecule has 1 aromatic rings. The maximum atomic E-state index is 10.7. The Labute approximate surface area is 90.3 Å². The summed E-state index contributed by atoms with van der Waals surface area (Å²) in [6, 6.07) is 3.74. The maximum Gasteiger partial charge on any atom is 0.304 e. The van der Waals surface area contributed by atoms with Crippen molar-refractivity contribution in [3.05, 3.63) is 28.5 Å². The fourth-order valence-corrected chi connectivity index (χ4v) is 2.39. The lowest BCUT2D eigenvalue weighted by Gasteiger charge is -2.12. The van der Waals surface area contributed by atoms with Crippen molar-refractivity contribution in [2.24, 2.45) is 0 Å². The third-order valence-electron chi connectivity index (χ3n) is 2.60. The summed E-state index contributed by atoms with van der Waals surface area (Å²) in [6.07, 6.45) is 3.74. The summed E-state index contributed by atoms with van der Waals surface area (Å²) >= 11 is 3.41. The second kappa shape index (κ2) is 3.35. The maximum absolute atomic E-state index is 10.7. The Morgan fingerprint density at radius 3 is 2.86 bits per heavy atom. The highest BCUT2D eigenvalue weighted by molar-refractivity contribution is 9.10. The molecule has 0 spiro atoms. The lowest BCUT2D eigenvalue weighted by atomic mass is 9.97. The minimum Gasteiger partial charge on any atom is -0.481 e. The van der Waals surface area contributed by atoms with Crippen molar-refractivity contribution in [2.75, 3.05) is 0 Å². The van der Waals surface area contributed by atoms with Crippen LogP contribution in [0.2, 0.25) is 0 Å². The van der Waals surface area contributed by atoms with E-state index in [2.05, 4.69) is 20.9 Å². The molecule has 3 nitrogen and oxygen atoms in total. The van der Waals surface area contributed by atoms with Gasteiger partial charge in [0, 0.05) is 16.1 Å². The highest BCUT2D eigenvalue weighted by Gasteiger charge is 2.48. The van der Waals surface area contributed by atoms with E-state index in [1.165, 1.54) is 0 Å². The molecule has 1 aliphatic carbocycles. The standard InChI is InChI=1S/C10H10BrNO2/c11-7-2-1-5-12-9(7)10(3-4-10)6-8(13)14/h1-2,5H,3-4,6H2,(H,13,14). The summed E-state index contributed by atoms with van der Waals surface area (Å²) in [5, 5.41) is 8.80. The van der Waals surface area contributed by atoms with Gasteiger partial charge in [-0.25, -0.2) is 0 Å². The van der Waals surface area contributed by atoms with Crippen molar-refractivity contribution < 1.29 is 9.90 Å². The summed E-state index contributed by atoms with van der Waals surface area (Å²) in [5.74, 6) is -0.750. The molecular weight excluding hydrogens is 246 g/mol. The van der Waals surface area contributed by atoms with Gasteiger partial charge in [-0.15, -0.1) is 0 Å². The van der Waals surface area contributed by atoms with Crippen LogP contribution in [0.5, 0.6) is 0 Å². The zero-order valence-corrected chi connectivity index (χ0v) is 9.12. The Balaban J connectivity index is 2.31. The van der Waals surface area contributed by atoms with E-state index in [0.29, 0.717) is 0 Å². The molecule has 1 heterocycles. The van der Waals surface area contributed by atoms with Crippen molar-refractivity contribution in [3.8, 4) is 0 Å². The van der Waals surface area contributed by atoms with Gasteiger partial charge in [-0.3, -0.25) is 9.78 Å². The first kappa shape index (κ1) is 9.65. The molecule has 1 saturated carbocycles. The van der Waals surface area contributed by atoms with Crippen LogP contribution >= 0.6 is 15.9 Å². The van der Waals surface area contributed by atoms with E-state index in [4.69, 9.17) is 5.11 Å². The molecule has 0 amide bonds. The number of carbonyl (C=O) groups is 1. The molecule has 0 aromatic carbocycles. The number of carboxylic acids is 1. The van der Waals surface area contributed by atoms with E-state index in [1.807, 2.05) is 12.1 Å². The van der Waals surface area contributed by atoms with Gasteiger partial charge in [0.25, 0.3) is 0 Å². The van der Waals surface area contributed by atoms with Crippen LogP contribution in [0.25, 0.3) is 0 Å². The average molecular weight is 256 g/mol. The minimum absolute atomic E-state index is 0.183. The molecule has 74 valence electrons. The monoisotopic (exact) mass is 255 g/mol. The molecular formula is C10H10BrNO2. The van der Waals surface area contributed by atoms with E-state index < -0.39 is 5.97 Å². The number of halogens is 1. The molecule has 14 heavy (non-hydrogen) atoms. The Morgan fingerprint density at radius 2 is 2.36 bits per heavy atom. The van der Waals surface area contributed by atoms with Crippen LogP contribution in [-0.2, 0) is 10.2 Å². The van der Waals surface area contributed by atoms with E-state index in [9.17, 15) is 4.79 Å². The van der Waals surface area contributed by atoms with E-state index in [1.54, 1.807) is 6.20 Å². The molecule has 0 radical (unpaired) electrons. The van der Waals surface area contributed by atoms with Crippen molar-refractivity contribution in [1.29, 1.82) is 0 Å².